The summed E-state index contributed by atoms with van der Waals surface area (Å²) in [6, 6.07) is 7.52. The number of aliphatic carboxylic acids is 1. The van der Waals surface area contributed by atoms with E-state index < -0.39 is 41.3 Å². The first-order valence-electron chi connectivity index (χ1n) is 12.2. The molecule has 35 heavy (non-hydrogen) atoms. The van der Waals surface area contributed by atoms with Gasteiger partial charge in [-0.2, -0.15) is 0 Å². The summed E-state index contributed by atoms with van der Waals surface area (Å²) in [5.41, 5.74) is 4.09. The van der Waals surface area contributed by atoms with Gasteiger partial charge in [-0.05, 0) is 37.8 Å². The zero-order valence-corrected chi connectivity index (χ0v) is 19.4. The molecule has 3 heterocycles. The Bertz CT molecular complexity index is 1140. The number of carboxylic acids is 1. The maximum absolute atomic E-state index is 13.8. The largest absolute Gasteiger partial charge is 0.480 e. The molecule has 4 unspecified atom stereocenters. The summed E-state index contributed by atoms with van der Waals surface area (Å²) < 4.78 is 6.04. The molecule has 0 bridgehead atoms. The van der Waals surface area contributed by atoms with Crippen molar-refractivity contribution in [2.75, 3.05) is 6.54 Å². The molecule has 5 N–H and O–H groups in total. The number of carboxylic acid groups (broad SMARTS) is 1. The molecule has 3 aliphatic rings. The van der Waals surface area contributed by atoms with E-state index in [4.69, 9.17) is 10.2 Å². The molecule has 1 aromatic heterocycles. The van der Waals surface area contributed by atoms with Crippen molar-refractivity contribution in [2.45, 2.75) is 62.6 Å². The van der Waals surface area contributed by atoms with Crippen molar-refractivity contribution in [2.24, 2.45) is 17.6 Å². The number of primary amides is 1. The molecule has 4 atom stereocenters. The van der Waals surface area contributed by atoms with Gasteiger partial charge in [-0.1, -0.05) is 37.5 Å². The molecule has 5 rings (SSSR count). The highest BCUT2D eigenvalue weighted by molar-refractivity contribution is 6.09. The van der Waals surface area contributed by atoms with E-state index in [1.165, 1.54) is 4.90 Å². The van der Waals surface area contributed by atoms with Crippen LogP contribution in [0.15, 0.2) is 34.7 Å². The van der Waals surface area contributed by atoms with Gasteiger partial charge in [-0.3, -0.25) is 24.6 Å². The SMILES string of the molecule is NC(=O)NCCCC1(C(=O)O)NC(c2cc3ccccc3o2)C2C(=O)N(C3CCCCC3)C(=O)C21. The van der Waals surface area contributed by atoms with Gasteiger partial charge in [0.25, 0.3) is 0 Å². The quantitative estimate of drug-likeness (QED) is 0.348. The minimum atomic E-state index is -1.68. The number of furan rings is 1. The second kappa shape index (κ2) is 8.99. The van der Waals surface area contributed by atoms with Crippen LogP contribution in [0.3, 0.4) is 0 Å². The molecule has 10 nitrogen and oxygen atoms in total. The van der Waals surface area contributed by atoms with Gasteiger partial charge in [0.15, 0.2) is 0 Å². The Morgan fingerprint density at radius 1 is 1.17 bits per heavy atom. The van der Waals surface area contributed by atoms with E-state index in [0.717, 1.165) is 37.5 Å². The van der Waals surface area contributed by atoms with Crippen molar-refractivity contribution in [3.63, 3.8) is 0 Å². The smallest absolute Gasteiger partial charge is 0.324 e. The number of nitrogens with one attached hydrogen (secondary N) is 2. The first-order valence-corrected chi connectivity index (χ1v) is 12.2. The standard InChI is InChI=1S/C25H30N4O6/c26-24(34)27-12-6-11-25(23(32)33)19-18(21(30)29(22(19)31)15-8-2-1-3-9-15)20(28-25)17-13-14-7-4-5-10-16(14)35-17/h4-5,7,10,13,15,18-20,28H,1-3,6,8-9,11-12H2,(H,32,33)(H3,26,27,34). The van der Waals surface area contributed by atoms with E-state index in [9.17, 15) is 24.3 Å². The van der Waals surface area contributed by atoms with E-state index in [-0.39, 0.29) is 31.3 Å². The monoisotopic (exact) mass is 482 g/mol. The van der Waals surface area contributed by atoms with Gasteiger partial charge in [0.2, 0.25) is 11.8 Å². The molecular weight excluding hydrogens is 452 g/mol. The van der Waals surface area contributed by atoms with Gasteiger partial charge >= 0.3 is 12.0 Å². The number of hydrogen-bond donors (Lipinski definition) is 4. The highest BCUT2D eigenvalue weighted by atomic mass is 16.4. The van der Waals surface area contributed by atoms with Crippen LogP contribution in [0.4, 0.5) is 4.79 Å². The van der Waals surface area contributed by atoms with E-state index in [2.05, 4.69) is 10.6 Å². The molecule has 3 fully saturated rings. The van der Waals surface area contributed by atoms with Crippen molar-refractivity contribution in [3.05, 3.63) is 36.1 Å². The Balaban J connectivity index is 1.54. The van der Waals surface area contributed by atoms with Gasteiger partial charge in [-0.15, -0.1) is 0 Å². The second-order valence-electron chi connectivity index (χ2n) is 9.82. The van der Waals surface area contributed by atoms with Crippen molar-refractivity contribution in [1.29, 1.82) is 0 Å². The van der Waals surface area contributed by atoms with Gasteiger partial charge in [0.1, 0.15) is 16.9 Å². The lowest BCUT2D eigenvalue weighted by Gasteiger charge is -2.34. The van der Waals surface area contributed by atoms with Crippen LogP contribution in [-0.2, 0) is 14.4 Å². The van der Waals surface area contributed by atoms with Crippen LogP contribution in [0.2, 0.25) is 0 Å². The fourth-order valence-electron chi connectivity index (χ4n) is 6.24. The summed E-state index contributed by atoms with van der Waals surface area (Å²) >= 11 is 0. The molecule has 1 aromatic carbocycles. The molecule has 2 aliphatic heterocycles. The van der Waals surface area contributed by atoms with E-state index in [0.29, 0.717) is 11.3 Å². The maximum atomic E-state index is 13.8. The predicted octanol–water partition coefficient (Wildman–Crippen LogP) is 2.28. The van der Waals surface area contributed by atoms with Crippen LogP contribution < -0.4 is 16.4 Å². The number of hydrogen-bond acceptors (Lipinski definition) is 6. The topological polar surface area (TPSA) is 155 Å². The summed E-state index contributed by atoms with van der Waals surface area (Å²) in [4.78, 5) is 52.8. The molecule has 186 valence electrons. The fourth-order valence-corrected chi connectivity index (χ4v) is 6.24. The Labute approximate surface area is 202 Å². The lowest BCUT2D eigenvalue weighted by Crippen LogP contribution is -2.56. The minimum absolute atomic E-state index is 0.0397. The average molecular weight is 483 g/mol. The van der Waals surface area contributed by atoms with Crippen molar-refractivity contribution in [3.8, 4) is 0 Å². The average Bonchev–Trinajstić information content (AvgIpc) is 3.49. The number of fused-ring (bicyclic) bond motifs is 2. The van der Waals surface area contributed by atoms with Gasteiger partial charge in [-0.25, -0.2) is 4.79 Å². The van der Waals surface area contributed by atoms with Crippen LogP contribution in [-0.4, -0.2) is 51.9 Å². The lowest BCUT2D eigenvalue weighted by molar-refractivity contribution is -0.153. The summed E-state index contributed by atoms with van der Waals surface area (Å²) in [6.07, 6.45) is 4.72. The first kappa shape index (κ1) is 23.3. The molecule has 0 radical (unpaired) electrons. The third-order valence-electron chi connectivity index (χ3n) is 7.81. The number of carbonyl (C=O) groups is 4. The molecule has 1 aliphatic carbocycles. The molecule has 2 aromatic rings. The third-order valence-corrected chi connectivity index (χ3v) is 7.81. The number of carbonyl (C=O) groups excluding carboxylic acids is 3. The molecule has 1 saturated carbocycles. The minimum Gasteiger partial charge on any atom is -0.480 e. The Morgan fingerprint density at radius 2 is 1.91 bits per heavy atom. The van der Waals surface area contributed by atoms with Crippen LogP contribution in [0, 0.1) is 11.8 Å². The van der Waals surface area contributed by atoms with Crippen LogP contribution >= 0.6 is 0 Å². The van der Waals surface area contributed by atoms with Crippen LogP contribution in [0.25, 0.3) is 11.0 Å². The molecule has 2 saturated heterocycles. The summed E-state index contributed by atoms with van der Waals surface area (Å²) in [6.45, 7) is 0.160. The second-order valence-corrected chi connectivity index (χ2v) is 9.82. The highest BCUT2D eigenvalue weighted by Gasteiger charge is 2.69. The first-order chi connectivity index (χ1) is 16.8. The van der Waals surface area contributed by atoms with Gasteiger partial charge < -0.3 is 20.6 Å². The summed E-state index contributed by atoms with van der Waals surface area (Å²) in [5.74, 6) is -3.47. The lowest BCUT2D eigenvalue weighted by atomic mass is 9.77. The zero-order chi connectivity index (χ0) is 24.7. The normalized spacial score (nSPS) is 29.0. The number of likely N-dealkylation sites (tertiary alicyclic amines) is 1. The predicted molar refractivity (Wildman–Crippen MR) is 125 cm³/mol. The third kappa shape index (κ3) is 3.85. The Kier molecular flexibility index (Phi) is 6.00. The van der Waals surface area contributed by atoms with Gasteiger partial charge in [0, 0.05) is 18.0 Å². The van der Waals surface area contributed by atoms with Crippen molar-refractivity contribution in [1.82, 2.24) is 15.5 Å². The number of amides is 4. The number of urea groups is 1. The van der Waals surface area contributed by atoms with Gasteiger partial charge in [0.05, 0.1) is 17.9 Å². The number of imide groups is 1. The Hall–Kier alpha value is -3.40. The van der Waals surface area contributed by atoms with Crippen molar-refractivity contribution < 1.29 is 28.7 Å². The summed E-state index contributed by atoms with van der Waals surface area (Å²) in [7, 11) is 0. The summed E-state index contributed by atoms with van der Waals surface area (Å²) in [5, 5.41) is 16.9. The molecule has 0 spiro atoms. The number of nitrogens with two attached hydrogens (primary N) is 1. The number of benzene rings is 1. The number of para-hydroxylation sites is 1. The van der Waals surface area contributed by atoms with E-state index in [1.807, 2.05) is 18.2 Å². The number of nitrogens with zero attached hydrogens (tertiary/aromatic N) is 1. The van der Waals surface area contributed by atoms with Crippen molar-refractivity contribution >= 4 is 34.8 Å². The maximum Gasteiger partial charge on any atom is 0.324 e. The fraction of sp³-hybridized carbons (Fsp3) is 0.520. The van der Waals surface area contributed by atoms with Crippen LogP contribution in [0.1, 0.15) is 56.7 Å². The molecular formula is C25H30N4O6. The van der Waals surface area contributed by atoms with E-state index in [1.54, 1.807) is 12.1 Å². The molecule has 4 amide bonds. The number of rotatable bonds is 7. The Morgan fingerprint density at radius 3 is 2.60 bits per heavy atom. The molecule has 10 heteroatoms. The van der Waals surface area contributed by atoms with E-state index >= 15 is 0 Å². The van der Waals surface area contributed by atoms with Crippen LogP contribution in [0.5, 0.6) is 0 Å². The zero-order valence-electron chi connectivity index (χ0n) is 19.4. The highest BCUT2D eigenvalue weighted by Crippen LogP contribution is 2.52.